The summed E-state index contributed by atoms with van der Waals surface area (Å²) in [6.07, 6.45) is 4.28. The zero-order valence-corrected chi connectivity index (χ0v) is 15.3. The van der Waals surface area contributed by atoms with Crippen molar-refractivity contribution >= 4 is 5.96 Å². The Morgan fingerprint density at radius 3 is 2.56 bits per heavy atom. The summed E-state index contributed by atoms with van der Waals surface area (Å²) in [5, 5.41) is 3.38. The molecule has 0 saturated heterocycles. The van der Waals surface area contributed by atoms with Gasteiger partial charge in [0.2, 0.25) is 0 Å². The van der Waals surface area contributed by atoms with Crippen molar-refractivity contribution in [2.75, 3.05) is 20.1 Å². The Balaban J connectivity index is 1.71. The lowest BCUT2D eigenvalue weighted by atomic mass is 9.96. The van der Waals surface area contributed by atoms with Crippen LogP contribution in [0, 0.1) is 5.82 Å². The molecule has 134 valence electrons. The molecule has 1 N–H and O–H groups in total. The SMILES string of the molecule is CCNC(=NCC1(c2ccc(F)cc2)CC1)N(C)Cc1cccn1C. The Bertz CT molecular complexity index is 728. The quantitative estimate of drug-likeness (QED) is 0.645. The zero-order chi connectivity index (χ0) is 17.9. The number of benzene rings is 1. The molecule has 5 heteroatoms. The number of halogens is 1. The van der Waals surface area contributed by atoms with Gasteiger partial charge in [0, 0.05) is 37.9 Å². The molecule has 0 bridgehead atoms. The highest BCUT2D eigenvalue weighted by atomic mass is 19.1. The lowest BCUT2D eigenvalue weighted by Crippen LogP contribution is -2.39. The molecule has 1 aromatic heterocycles. The van der Waals surface area contributed by atoms with Crippen molar-refractivity contribution in [2.45, 2.75) is 31.7 Å². The number of nitrogens with zero attached hydrogens (tertiary/aromatic N) is 3. The maximum absolute atomic E-state index is 13.2. The molecule has 1 fully saturated rings. The molecule has 0 radical (unpaired) electrons. The van der Waals surface area contributed by atoms with E-state index in [-0.39, 0.29) is 11.2 Å². The first-order valence-electron chi connectivity index (χ1n) is 8.90. The Labute approximate surface area is 149 Å². The van der Waals surface area contributed by atoms with Gasteiger partial charge in [-0.2, -0.15) is 0 Å². The molecule has 1 aromatic carbocycles. The van der Waals surface area contributed by atoms with Crippen LogP contribution in [0.4, 0.5) is 4.39 Å². The number of aromatic nitrogens is 1. The normalized spacial score (nSPS) is 15.9. The average Bonchev–Trinajstić information content (AvgIpc) is 3.29. The first-order valence-corrected chi connectivity index (χ1v) is 8.90. The lowest BCUT2D eigenvalue weighted by molar-refractivity contribution is 0.460. The van der Waals surface area contributed by atoms with Crippen LogP contribution in [0.5, 0.6) is 0 Å². The Kier molecular flexibility index (Phi) is 5.11. The van der Waals surface area contributed by atoms with Crippen LogP contribution in [0.25, 0.3) is 0 Å². The first-order chi connectivity index (χ1) is 12.0. The number of rotatable bonds is 6. The third-order valence-corrected chi connectivity index (χ3v) is 4.99. The van der Waals surface area contributed by atoms with Crippen LogP contribution in [0.1, 0.15) is 31.0 Å². The van der Waals surface area contributed by atoms with Crippen LogP contribution in [-0.2, 0) is 19.0 Å². The molecular formula is C20H27FN4. The molecule has 3 rings (SSSR count). The van der Waals surface area contributed by atoms with E-state index < -0.39 is 0 Å². The lowest BCUT2D eigenvalue weighted by Gasteiger charge is -2.23. The smallest absolute Gasteiger partial charge is 0.194 e. The third kappa shape index (κ3) is 4.03. The van der Waals surface area contributed by atoms with Crippen molar-refractivity contribution in [3.8, 4) is 0 Å². The second kappa shape index (κ2) is 7.30. The van der Waals surface area contributed by atoms with Gasteiger partial charge in [0.1, 0.15) is 5.82 Å². The van der Waals surface area contributed by atoms with E-state index >= 15 is 0 Å². The first kappa shape index (κ1) is 17.5. The molecule has 0 spiro atoms. The van der Waals surface area contributed by atoms with Gasteiger partial charge in [-0.05, 0) is 49.6 Å². The van der Waals surface area contributed by atoms with Crippen molar-refractivity contribution in [3.05, 3.63) is 59.7 Å². The summed E-state index contributed by atoms with van der Waals surface area (Å²) in [7, 11) is 4.12. The highest BCUT2D eigenvalue weighted by Gasteiger charge is 2.44. The van der Waals surface area contributed by atoms with Gasteiger partial charge in [-0.15, -0.1) is 0 Å². The highest BCUT2D eigenvalue weighted by molar-refractivity contribution is 5.79. The van der Waals surface area contributed by atoms with Gasteiger partial charge in [-0.3, -0.25) is 4.99 Å². The molecule has 1 heterocycles. The maximum Gasteiger partial charge on any atom is 0.194 e. The van der Waals surface area contributed by atoms with E-state index in [9.17, 15) is 4.39 Å². The summed E-state index contributed by atoms with van der Waals surface area (Å²) in [4.78, 5) is 7.04. The van der Waals surface area contributed by atoms with Gasteiger partial charge in [-0.1, -0.05) is 12.1 Å². The molecule has 0 atom stereocenters. The topological polar surface area (TPSA) is 32.6 Å². The number of guanidine groups is 1. The van der Waals surface area contributed by atoms with Crippen LogP contribution in [0.15, 0.2) is 47.6 Å². The van der Waals surface area contributed by atoms with E-state index in [1.54, 1.807) is 12.1 Å². The second-order valence-electron chi connectivity index (χ2n) is 6.92. The van der Waals surface area contributed by atoms with Crippen molar-refractivity contribution < 1.29 is 4.39 Å². The van der Waals surface area contributed by atoms with Crippen molar-refractivity contribution in [3.63, 3.8) is 0 Å². The minimum absolute atomic E-state index is 0.0835. The molecule has 1 aliphatic carbocycles. The summed E-state index contributed by atoms with van der Waals surface area (Å²) < 4.78 is 15.3. The predicted octanol–water partition coefficient (Wildman–Crippen LogP) is 3.29. The van der Waals surface area contributed by atoms with Gasteiger partial charge in [-0.25, -0.2) is 4.39 Å². The minimum Gasteiger partial charge on any atom is -0.357 e. The van der Waals surface area contributed by atoms with Gasteiger partial charge >= 0.3 is 0 Å². The Morgan fingerprint density at radius 1 is 1.28 bits per heavy atom. The Morgan fingerprint density at radius 2 is 2.00 bits per heavy atom. The van der Waals surface area contributed by atoms with Gasteiger partial charge < -0.3 is 14.8 Å². The summed E-state index contributed by atoms with van der Waals surface area (Å²) in [6.45, 7) is 4.45. The van der Waals surface area contributed by atoms with E-state index in [1.807, 2.05) is 12.1 Å². The zero-order valence-electron chi connectivity index (χ0n) is 15.3. The van der Waals surface area contributed by atoms with Gasteiger partial charge in [0.05, 0.1) is 13.1 Å². The molecule has 25 heavy (non-hydrogen) atoms. The summed E-state index contributed by atoms with van der Waals surface area (Å²) in [6, 6.07) is 11.1. The summed E-state index contributed by atoms with van der Waals surface area (Å²) in [5.41, 5.74) is 2.52. The molecule has 1 aliphatic rings. The molecule has 1 saturated carbocycles. The Hall–Kier alpha value is -2.30. The van der Waals surface area contributed by atoms with E-state index in [0.717, 1.165) is 38.4 Å². The molecule has 2 aromatic rings. The number of hydrogen-bond donors (Lipinski definition) is 1. The monoisotopic (exact) mass is 342 g/mol. The maximum atomic E-state index is 13.2. The van der Waals surface area contributed by atoms with E-state index in [0.29, 0.717) is 0 Å². The van der Waals surface area contributed by atoms with Crippen LogP contribution in [0.2, 0.25) is 0 Å². The largest absolute Gasteiger partial charge is 0.357 e. The third-order valence-electron chi connectivity index (χ3n) is 4.99. The fourth-order valence-corrected chi connectivity index (χ4v) is 3.17. The molecule has 0 aliphatic heterocycles. The summed E-state index contributed by atoms with van der Waals surface area (Å²) >= 11 is 0. The number of hydrogen-bond acceptors (Lipinski definition) is 1. The molecular weight excluding hydrogens is 315 g/mol. The molecule has 4 nitrogen and oxygen atoms in total. The molecule has 0 amide bonds. The van der Waals surface area contributed by atoms with Crippen molar-refractivity contribution in [1.29, 1.82) is 0 Å². The number of aliphatic imine (C=N–C) groups is 1. The minimum atomic E-state index is -0.182. The summed E-state index contributed by atoms with van der Waals surface area (Å²) in [5.74, 6) is 0.732. The molecule has 0 unspecified atom stereocenters. The van der Waals surface area contributed by atoms with Crippen LogP contribution < -0.4 is 5.32 Å². The second-order valence-corrected chi connectivity index (χ2v) is 6.92. The fraction of sp³-hybridized carbons (Fsp3) is 0.450. The fourth-order valence-electron chi connectivity index (χ4n) is 3.17. The average molecular weight is 342 g/mol. The van der Waals surface area contributed by atoms with Crippen molar-refractivity contribution in [2.24, 2.45) is 12.0 Å². The predicted molar refractivity (Wildman–Crippen MR) is 100 cm³/mol. The van der Waals surface area contributed by atoms with Gasteiger partial charge in [0.15, 0.2) is 5.96 Å². The van der Waals surface area contributed by atoms with Crippen molar-refractivity contribution in [1.82, 2.24) is 14.8 Å². The van der Waals surface area contributed by atoms with Gasteiger partial charge in [0.25, 0.3) is 0 Å². The van der Waals surface area contributed by atoms with Crippen LogP contribution >= 0.6 is 0 Å². The van der Waals surface area contributed by atoms with Crippen LogP contribution in [-0.4, -0.2) is 35.6 Å². The van der Waals surface area contributed by atoms with E-state index in [4.69, 9.17) is 4.99 Å². The van der Waals surface area contributed by atoms with Crippen LogP contribution in [0.3, 0.4) is 0 Å². The van der Waals surface area contributed by atoms with E-state index in [1.165, 1.54) is 11.3 Å². The van der Waals surface area contributed by atoms with E-state index in [2.05, 4.69) is 54.1 Å². The highest BCUT2D eigenvalue weighted by Crippen LogP contribution is 2.48. The number of nitrogens with one attached hydrogen (secondary N) is 1. The number of aryl methyl sites for hydroxylation is 1. The standard InChI is InChI=1S/C20H27FN4/c1-4-22-19(25(3)14-18-6-5-13-24(18)2)23-15-20(11-12-20)16-7-9-17(21)10-8-16/h5-10,13H,4,11-12,14-15H2,1-3H3,(H,22,23).